The summed E-state index contributed by atoms with van der Waals surface area (Å²) in [5.41, 5.74) is 2.20. The Morgan fingerprint density at radius 1 is 1.24 bits per heavy atom. The highest BCUT2D eigenvalue weighted by Gasteiger charge is 2.39. The lowest BCUT2D eigenvalue weighted by atomic mass is 10.0. The molecule has 9 heteroatoms. The van der Waals surface area contributed by atoms with E-state index < -0.39 is 11.9 Å². The fraction of sp³-hybridized carbons (Fsp3) is 0.500. The molecule has 9 nitrogen and oxygen atoms in total. The Bertz CT molecular complexity index is 823. The zero-order valence-corrected chi connectivity index (χ0v) is 16.8. The van der Waals surface area contributed by atoms with Gasteiger partial charge in [-0.05, 0) is 50.7 Å². The van der Waals surface area contributed by atoms with Crippen molar-refractivity contribution in [1.29, 1.82) is 0 Å². The van der Waals surface area contributed by atoms with Crippen molar-refractivity contribution >= 4 is 23.8 Å². The predicted molar refractivity (Wildman–Crippen MR) is 106 cm³/mol. The molecule has 1 aromatic rings. The first kappa shape index (κ1) is 20.8. The summed E-state index contributed by atoms with van der Waals surface area (Å²) in [6.07, 6.45) is 1.44. The summed E-state index contributed by atoms with van der Waals surface area (Å²) in [6, 6.07) is 4.61. The van der Waals surface area contributed by atoms with Crippen molar-refractivity contribution in [3.63, 3.8) is 0 Å². The normalized spacial score (nSPS) is 18.7. The number of rotatable bonds is 7. The summed E-state index contributed by atoms with van der Waals surface area (Å²) in [5, 5.41) is 7.89. The summed E-state index contributed by atoms with van der Waals surface area (Å²) in [6.45, 7) is 2.14. The van der Waals surface area contributed by atoms with E-state index in [1.165, 1.54) is 4.90 Å². The van der Waals surface area contributed by atoms with Crippen LogP contribution in [0, 0.1) is 0 Å². The maximum Gasteiger partial charge on any atom is 0.315 e. The van der Waals surface area contributed by atoms with Crippen LogP contribution in [0.15, 0.2) is 18.2 Å². The second kappa shape index (κ2) is 9.04. The van der Waals surface area contributed by atoms with Gasteiger partial charge in [0.2, 0.25) is 11.8 Å². The van der Waals surface area contributed by atoms with E-state index in [-0.39, 0.29) is 24.3 Å². The lowest BCUT2D eigenvalue weighted by Crippen LogP contribution is -2.52. The van der Waals surface area contributed by atoms with Crippen molar-refractivity contribution in [1.82, 2.24) is 25.8 Å². The highest BCUT2D eigenvalue weighted by Crippen LogP contribution is 2.28. The van der Waals surface area contributed by atoms with E-state index in [1.54, 1.807) is 6.07 Å². The van der Waals surface area contributed by atoms with Crippen molar-refractivity contribution in [3.05, 3.63) is 34.9 Å². The van der Waals surface area contributed by atoms with E-state index in [0.717, 1.165) is 24.1 Å². The molecule has 1 fully saturated rings. The summed E-state index contributed by atoms with van der Waals surface area (Å²) < 4.78 is 0. The van der Waals surface area contributed by atoms with Crippen LogP contribution in [0.3, 0.4) is 0 Å². The SMILES string of the molecule is CN(C)CCCNC(=O)NCc1ccc2c(c1)C(=O)N(C1CCC(=O)NC1=O)C2. The van der Waals surface area contributed by atoms with E-state index in [0.29, 0.717) is 31.6 Å². The number of fused-ring (bicyclic) bond motifs is 1. The van der Waals surface area contributed by atoms with Gasteiger partial charge < -0.3 is 20.4 Å². The third-order valence-electron chi connectivity index (χ3n) is 5.11. The van der Waals surface area contributed by atoms with Crippen molar-refractivity contribution in [3.8, 4) is 0 Å². The van der Waals surface area contributed by atoms with Gasteiger partial charge in [-0.15, -0.1) is 0 Å². The molecule has 0 bridgehead atoms. The van der Waals surface area contributed by atoms with Crippen LogP contribution < -0.4 is 16.0 Å². The zero-order valence-electron chi connectivity index (χ0n) is 16.8. The number of nitrogens with one attached hydrogen (secondary N) is 3. The highest BCUT2D eigenvalue weighted by molar-refractivity contribution is 6.05. The molecule has 2 aliphatic heterocycles. The number of amides is 5. The quantitative estimate of drug-likeness (QED) is 0.447. The average molecular weight is 401 g/mol. The standard InChI is InChI=1S/C20H27N5O4/c1-24(2)9-3-8-21-20(29)22-11-13-4-5-14-12-25(19(28)15(14)10-13)16-6-7-17(26)23-18(16)27/h4-5,10,16H,3,6-9,11-12H2,1-2H3,(H2,21,22,29)(H,23,26,27). The minimum atomic E-state index is -0.623. The highest BCUT2D eigenvalue weighted by atomic mass is 16.2. The second-order valence-electron chi connectivity index (χ2n) is 7.66. The zero-order chi connectivity index (χ0) is 21.0. The molecule has 0 aliphatic carbocycles. The van der Waals surface area contributed by atoms with Crippen LogP contribution in [0.2, 0.25) is 0 Å². The molecule has 1 aromatic carbocycles. The van der Waals surface area contributed by atoms with Crippen LogP contribution in [0.1, 0.15) is 40.7 Å². The third kappa shape index (κ3) is 5.11. The number of hydrogen-bond donors (Lipinski definition) is 3. The lowest BCUT2D eigenvalue weighted by molar-refractivity contribution is -0.136. The molecule has 3 N–H and O–H groups in total. The number of piperidine rings is 1. The van der Waals surface area contributed by atoms with Crippen molar-refractivity contribution in [2.45, 2.75) is 38.4 Å². The first-order chi connectivity index (χ1) is 13.8. The number of hydrogen-bond acceptors (Lipinski definition) is 5. The van der Waals surface area contributed by atoms with Gasteiger partial charge in [-0.2, -0.15) is 0 Å². The monoisotopic (exact) mass is 401 g/mol. The fourth-order valence-electron chi connectivity index (χ4n) is 3.55. The smallest absolute Gasteiger partial charge is 0.315 e. The molecule has 3 rings (SSSR count). The minimum Gasteiger partial charge on any atom is -0.338 e. The van der Waals surface area contributed by atoms with E-state index in [4.69, 9.17) is 0 Å². The summed E-state index contributed by atoms with van der Waals surface area (Å²) in [5.74, 6) is -0.941. The molecule has 5 amide bonds. The molecule has 2 aliphatic rings. The maximum absolute atomic E-state index is 12.8. The van der Waals surface area contributed by atoms with Gasteiger partial charge >= 0.3 is 6.03 Å². The van der Waals surface area contributed by atoms with Crippen LogP contribution in [0.5, 0.6) is 0 Å². The van der Waals surface area contributed by atoms with Crippen molar-refractivity contribution in [2.75, 3.05) is 27.2 Å². The van der Waals surface area contributed by atoms with Crippen molar-refractivity contribution < 1.29 is 19.2 Å². The Labute approximate surface area is 169 Å². The number of nitrogens with zero attached hydrogens (tertiary/aromatic N) is 2. The van der Waals surface area contributed by atoms with E-state index >= 15 is 0 Å². The summed E-state index contributed by atoms with van der Waals surface area (Å²) in [4.78, 5) is 51.7. The van der Waals surface area contributed by atoms with Gasteiger partial charge in [0.1, 0.15) is 6.04 Å². The van der Waals surface area contributed by atoms with E-state index in [9.17, 15) is 19.2 Å². The number of benzene rings is 1. The van der Waals surface area contributed by atoms with Gasteiger partial charge in [-0.25, -0.2) is 4.79 Å². The van der Waals surface area contributed by atoms with Gasteiger partial charge in [0, 0.05) is 31.6 Å². The lowest BCUT2D eigenvalue weighted by Gasteiger charge is -2.29. The van der Waals surface area contributed by atoms with Gasteiger partial charge in [0.15, 0.2) is 0 Å². The first-order valence-corrected chi connectivity index (χ1v) is 9.78. The number of carbonyl (C=O) groups excluding carboxylic acids is 4. The van der Waals surface area contributed by atoms with Gasteiger partial charge in [-0.1, -0.05) is 12.1 Å². The van der Waals surface area contributed by atoms with Crippen LogP contribution in [-0.4, -0.2) is 66.8 Å². The molecule has 0 spiro atoms. The van der Waals surface area contributed by atoms with E-state index in [1.807, 2.05) is 26.2 Å². The molecule has 1 unspecified atom stereocenters. The molecule has 0 aromatic heterocycles. The molecule has 0 radical (unpaired) electrons. The molecule has 29 heavy (non-hydrogen) atoms. The van der Waals surface area contributed by atoms with Gasteiger partial charge in [-0.3, -0.25) is 19.7 Å². The van der Waals surface area contributed by atoms with Crippen LogP contribution in [0.25, 0.3) is 0 Å². The molecule has 156 valence electrons. The molecule has 0 saturated carbocycles. The molecule has 2 heterocycles. The Hall–Kier alpha value is -2.94. The first-order valence-electron chi connectivity index (χ1n) is 9.78. The Balaban J connectivity index is 1.54. The Morgan fingerprint density at radius 3 is 2.76 bits per heavy atom. The van der Waals surface area contributed by atoms with Gasteiger partial charge in [0.05, 0.1) is 0 Å². The molecule has 1 atom stereocenters. The van der Waals surface area contributed by atoms with Crippen LogP contribution in [-0.2, 0) is 22.7 Å². The van der Waals surface area contributed by atoms with Crippen molar-refractivity contribution in [2.24, 2.45) is 0 Å². The maximum atomic E-state index is 12.8. The van der Waals surface area contributed by atoms with Crippen LogP contribution >= 0.6 is 0 Å². The molecular formula is C20H27N5O4. The van der Waals surface area contributed by atoms with Gasteiger partial charge in [0.25, 0.3) is 5.91 Å². The number of urea groups is 1. The minimum absolute atomic E-state index is 0.218. The average Bonchev–Trinajstić information content (AvgIpc) is 2.99. The number of imide groups is 1. The van der Waals surface area contributed by atoms with Crippen LogP contribution in [0.4, 0.5) is 4.79 Å². The topological polar surface area (TPSA) is 111 Å². The fourth-order valence-corrected chi connectivity index (χ4v) is 3.55. The van der Waals surface area contributed by atoms with E-state index in [2.05, 4.69) is 20.9 Å². The summed E-state index contributed by atoms with van der Waals surface area (Å²) >= 11 is 0. The Morgan fingerprint density at radius 2 is 2.03 bits per heavy atom. The largest absolute Gasteiger partial charge is 0.338 e. The molecule has 1 saturated heterocycles. The number of carbonyl (C=O) groups is 4. The summed E-state index contributed by atoms with van der Waals surface area (Å²) in [7, 11) is 3.97. The Kier molecular flexibility index (Phi) is 6.48. The second-order valence-corrected chi connectivity index (χ2v) is 7.66. The predicted octanol–water partition coefficient (Wildman–Crippen LogP) is 0.199. The third-order valence-corrected chi connectivity index (χ3v) is 5.11. The molecular weight excluding hydrogens is 374 g/mol.